The van der Waals surface area contributed by atoms with Gasteiger partial charge in [0, 0.05) is 6.08 Å². The topological polar surface area (TPSA) is 26.3 Å². The van der Waals surface area contributed by atoms with E-state index in [1.54, 1.807) is 12.2 Å². The van der Waals surface area contributed by atoms with Gasteiger partial charge in [0.2, 0.25) is 0 Å². The van der Waals surface area contributed by atoms with Crippen molar-refractivity contribution in [1.82, 2.24) is 0 Å². The van der Waals surface area contributed by atoms with Crippen LogP contribution in [0.1, 0.15) is 5.56 Å². The molecule has 0 bridgehead atoms. The Morgan fingerprint density at radius 1 is 1.20 bits per heavy atom. The molecule has 1 rings (SSSR count). The lowest BCUT2D eigenvalue weighted by Crippen LogP contribution is -1.91. The van der Waals surface area contributed by atoms with Gasteiger partial charge < -0.3 is 4.74 Å². The van der Waals surface area contributed by atoms with Gasteiger partial charge in [-0.25, -0.2) is 4.79 Å². The van der Waals surface area contributed by atoms with Crippen molar-refractivity contribution < 1.29 is 9.53 Å². The second-order valence-corrected chi connectivity index (χ2v) is 2.73. The summed E-state index contributed by atoms with van der Waals surface area (Å²) in [5.41, 5.74) is 1.08. The number of hydrogen-bond donors (Lipinski definition) is 0. The Morgan fingerprint density at radius 3 is 2.60 bits per heavy atom. The van der Waals surface area contributed by atoms with Crippen molar-refractivity contribution in [2.24, 2.45) is 0 Å². The van der Waals surface area contributed by atoms with Gasteiger partial charge in [0.15, 0.2) is 0 Å². The van der Waals surface area contributed by atoms with Gasteiger partial charge in [0.05, 0.1) is 6.26 Å². The van der Waals surface area contributed by atoms with Crippen LogP contribution < -0.4 is 0 Å². The van der Waals surface area contributed by atoms with Crippen LogP contribution in [0.4, 0.5) is 0 Å². The summed E-state index contributed by atoms with van der Waals surface area (Å²) in [4.78, 5) is 10.8. The molecule has 0 unspecified atom stereocenters. The second kappa shape index (κ2) is 6.38. The summed E-state index contributed by atoms with van der Waals surface area (Å²) in [5, 5.41) is 0. The Labute approximate surface area is 89.2 Å². The Balaban J connectivity index is 2.46. The number of ether oxygens (including phenoxy) is 1. The molecule has 0 saturated carbocycles. The van der Waals surface area contributed by atoms with E-state index in [0.29, 0.717) is 0 Å². The minimum Gasteiger partial charge on any atom is -0.432 e. The maximum Gasteiger partial charge on any atom is 0.335 e. The zero-order valence-corrected chi connectivity index (χ0v) is 8.30. The van der Waals surface area contributed by atoms with Crippen LogP contribution in [0.5, 0.6) is 0 Å². The maximum atomic E-state index is 10.8. The molecule has 0 aromatic heterocycles. The molecule has 15 heavy (non-hydrogen) atoms. The Kier molecular flexibility index (Phi) is 4.67. The van der Waals surface area contributed by atoms with Gasteiger partial charge in [0.25, 0.3) is 0 Å². The lowest BCUT2D eigenvalue weighted by molar-refractivity contribution is -0.132. The summed E-state index contributed by atoms with van der Waals surface area (Å²) in [7, 11) is 0. The molecule has 1 aromatic rings. The largest absolute Gasteiger partial charge is 0.432 e. The highest BCUT2D eigenvalue weighted by Crippen LogP contribution is 2.00. The summed E-state index contributed by atoms with van der Waals surface area (Å²) in [6, 6.07) is 9.82. The van der Waals surface area contributed by atoms with Crippen molar-refractivity contribution in [3.05, 3.63) is 67.0 Å². The van der Waals surface area contributed by atoms with Gasteiger partial charge in [-0.2, -0.15) is 0 Å². The predicted octanol–water partition coefficient (Wildman–Crippen LogP) is 2.94. The molecule has 0 aliphatic carbocycles. The van der Waals surface area contributed by atoms with Crippen LogP contribution in [-0.2, 0) is 9.53 Å². The molecule has 76 valence electrons. The number of benzene rings is 1. The SMILES string of the molecule is C=COC(=O)C=CC=Cc1ccccc1. The molecule has 0 fully saturated rings. The molecule has 1 aromatic carbocycles. The molecule has 0 radical (unpaired) electrons. The van der Waals surface area contributed by atoms with Crippen LogP contribution in [0.2, 0.25) is 0 Å². The van der Waals surface area contributed by atoms with Crippen molar-refractivity contribution in [2.75, 3.05) is 0 Å². The summed E-state index contributed by atoms with van der Waals surface area (Å²) < 4.78 is 4.50. The first-order valence-corrected chi connectivity index (χ1v) is 4.54. The molecule has 0 amide bonds. The van der Waals surface area contributed by atoms with E-state index in [-0.39, 0.29) is 0 Å². The van der Waals surface area contributed by atoms with Gasteiger partial charge in [-0.05, 0) is 5.56 Å². The molecular weight excluding hydrogens is 188 g/mol. The van der Waals surface area contributed by atoms with Crippen LogP contribution >= 0.6 is 0 Å². The Bertz CT molecular complexity index is 375. The van der Waals surface area contributed by atoms with Gasteiger partial charge in [-0.15, -0.1) is 0 Å². The summed E-state index contributed by atoms with van der Waals surface area (Å²) in [6.07, 6.45) is 7.74. The number of rotatable bonds is 4. The fourth-order valence-corrected chi connectivity index (χ4v) is 0.986. The van der Waals surface area contributed by atoms with E-state index in [1.807, 2.05) is 36.4 Å². The standard InChI is InChI=1S/C13H12O2/c1-2-15-13(14)11-7-6-10-12-8-4-3-5-9-12/h2-11H,1H2. The minimum atomic E-state index is -0.428. The second-order valence-electron chi connectivity index (χ2n) is 2.73. The smallest absolute Gasteiger partial charge is 0.335 e. The number of allylic oxidation sites excluding steroid dienone is 2. The lowest BCUT2D eigenvalue weighted by Gasteiger charge is -1.89. The van der Waals surface area contributed by atoms with Gasteiger partial charge in [-0.3, -0.25) is 0 Å². The van der Waals surface area contributed by atoms with Crippen LogP contribution in [0.25, 0.3) is 6.08 Å². The summed E-state index contributed by atoms with van der Waals surface area (Å²) in [6.45, 7) is 3.28. The fourth-order valence-electron chi connectivity index (χ4n) is 0.986. The molecule has 2 nitrogen and oxygen atoms in total. The third-order valence-electron chi connectivity index (χ3n) is 1.63. The molecule has 0 spiro atoms. The first-order chi connectivity index (χ1) is 7.33. The number of hydrogen-bond acceptors (Lipinski definition) is 2. The van der Waals surface area contributed by atoms with Gasteiger partial charge in [0.1, 0.15) is 0 Å². The number of esters is 1. The van der Waals surface area contributed by atoms with E-state index in [1.165, 1.54) is 6.08 Å². The van der Waals surface area contributed by atoms with E-state index in [2.05, 4.69) is 11.3 Å². The zero-order chi connectivity index (χ0) is 10.9. The highest BCUT2D eigenvalue weighted by atomic mass is 16.5. The molecule has 2 heteroatoms. The van der Waals surface area contributed by atoms with E-state index in [4.69, 9.17) is 0 Å². The Hall–Kier alpha value is -2.09. The summed E-state index contributed by atoms with van der Waals surface area (Å²) >= 11 is 0. The average molecular weight is 200 g/mol. The first-order valence-electron chi connectivity index (χ1n) is 4.54. The third-order valence-corrected chi connectivity index (χ3v) is 1.63. The molecule has 0 aliphatic rings. The number of carbonyl (C=O) groups excluding carboxylic acids is 1. The fraction of sp³-hybridized carbons (Fsp3) is 0. The molecular formula is C13H12O2. The first kappa shape index (κ1) is 11.0. The zero-order valence-electron chi connectivity index (χ0n) is 8.30. The van der Waals surface area contributed by atoms with Crippen molar-refractivity contribution in [2.45, 2.75) is 0 Å². The normalized spacial score (nSPS) is 10.7. The van der Waals surface area contributed by atoms with Gasteiger partial charge >= 0.3 is 5.97 Å². The Morgan fingerprint density at radius 2 is 1.93 bits per heavy atom. The van der Waals surface area contributed by atoms with E-state index in [9.17, 15) is 4.79 Å². The average Bonchev–Trinajstić information content (AvgIpc) is 2.26. The number of carbonyl (C=O) groups is 1. The van der Waals surface area contributed by atoms with E-state index >= 15 is 0 Å². The highest BCUT2D eigenvalue weighted by molar-refractivity contribution is 5.82. The maximum absolute atomic E-state index is 10.8. The third kappa shape index (κ3) is 4.62. The van der Waals surface area contributed by atoms with Crippen LogP contribution in [0, 0.1) is 0 Å². The predicted molar refractivity (Wildman–Crippen MR) is 60.9 cm³/mol. The monoisotopic (exact) mass is 200 g/mol. The molecule has 0 N–H and O–H groups in total. The van der Waals surface area contributed by atoms with Crippen molar-refractivity contribution >= 4 is 12.0 Å². The molecule has 0 heterocycles. The quantitative estimate of drug-likeness (QED) is 0.323. The van der Waals surface area contributed by atoms with Crippen LogP contribution in [0.3, 0.4) is 0 Å². The molecule has 0 atom stereocenters. The van der Waals surface area contributed by atoms with Crippen LogP contribution in [-0.4, -0.2) is 5.97 Å². The molecule has 0 aliphatic heterocycles. The van der Waals surface area contributed by atoms with E-state index in [0.717, 1.165) is 11.8 Å². The van der Waals surface area contributed by atoms with Gasteiger partial charge in [-0.1, -0.05) is 55.1 Å². The van der Waals surface area contributed by atoms with Crippen molar-refractivity contribution in [3.8, 4) is 0 Å². The summed E-state index contributed by atoms with van der Waals surface area (Å²) in [5.74, 6) is -0.428. The van der Waals surface area contributed by atoms with Crippen LogP contribution in [0.15, 0.2) is 61.4 Å². The lowest BCUT2D eigenvalue weighted by atomic mass is 10.2. The van der Waals surface area contributed by atoms with E-state index < -0.39 is 5.97 Å². The highest BCUT2D eigenvalue weighted by Gasteiger charge is 1.88. The van der Waals surface area contributed by atoms with Crippen molar-refractivity contribution in [1.29, 1.82) is 0 Å². The van der Waals surface area contributed by atoms with Crippen molar-refractivity contribution in [3.63, 3.8) is 0 Å². The molecule has 0 saturated heterocycles. The minimum absolute atomic E-state index is 0.428.